The quantitative estimate of drug-likeness (QED) is 0.612. The van der Waals surface area contributed by atoms with Crippen LogP contribution in [0, 0.1) is 6.92 Å². The monoisotopic (exact) mass is 368 g/mol. The van der Waals surface area contributed by atoms with Gasteiger partial charge in [0, 0.05) is 26.8 Å². The third-order valence-corrected chi connectivity index (χ3v) is 3.80. The minimum absolute atomic E-state index is 0. The number of ether oxygens (including phenoxy) is 1. The second-order valence-corrected chi connectivity index (χ2v) is 5.82. The van der Waals surface area contributed by atoms with Gasteiger partial charge in [-0.25, -0.2) is 0 Å². The van der Waals surface area contributed by atoms with Crippen LogP contribution in [-0.2, 0) is 0 Å². The Kier molecular flexibility index (Phi) is 5.58. The third kappa shape index (κ3) is 3.81. The number of halogens is 3. The van der Waals surface area contributed by atoms with Gasteiger partial charge in [-0.2, -0.15) is 0 Å². The van der Waals surface area contributed by atoms with Gasteiger partial charge in [0.15, 0.2) is 0 Å². The first-order chi connectivity index (χ1) is 10.6. The van der Waals surface area contributed by atoms with Gasteiger partial charge < -0.3 is 10.1 Å². The molecule has 1 heterocycles. The van der Waals surface area contributed by atoms with Crippen molar-refractivity contribution >= 4 is 57.9 Å². The van der Waals surface area contributed by atoms with Crippen LogP contribution in [0.3, 0.4) is 0 Å². The molecule has 0 atom stereocenters. The van der Waals surface area contributed by atoms with E-state index in [9.17, 15) is 0 Å². The van der Waals surface area contributed by atoms with Crippen LogP contribution < -0.4 is 10.1 Å². The van der Waals surface area contributed by atoms with E-state index < -0.39 is 0 Å². The fourth-order valence-electron chi connectivity index (χ4n) is 2.36. The molecule has 0 aliphatic heterocycles. The summed E-state index contributed by atoms with van der Waals surface area (Å²) in [7, 11) is 1.63. The van der Waals surface area contributed by atoms with Crippen molar-refractivity contribution in [3.05, 3.63) is 58.2 Å². The molecule has 0 amide bonds. The predicted molar refractivity (Wildman–Crippen MR) is 100 cm³/mol. The van der Waals surface area contributed by atoms with E-state index in [4.69, 9.17) is 27.9 Å². The smallest absolute Gasteiger partial charge is 0.142 e. The molecule has 120 valence electrons. The largest absolute Gasteiger partial charge is 0.495 e. The van der Waals surface area contributed by atoms with Crippen molar-refractivity contribution in [2.45, 2.75) is 6.92 Å². The van der Waals surface area contributed by atoms with Crippen LogP contribution in [0.25, 0.3) is 10.9 Å². The number of benzene rings is 2. The highest BCUT2D eigenvalue weighted by atomic mass is 35.5. The number of aromatic nitrogens is 1. The summed E-state index contributed by atoms with van der Waals surface area (Å²) in [5.74, 6) is 0.717. The number of hydrogen-bond acceptors (Lipinski definition) is 3. The van der Waals surface area contributed by atoms with Gasteiger partial charge in [0.05, 0.1) is 18.3 Å². The zero-order chi connectivity index (χ0) is 15.7. The number of nitrogens with one attached hydrogen (secondary N) is 1. The summed E-state index contributed by atoms with van der Waals surface area (Å²) in [5, 5.41) is 5.61. The second kappa shape index (κ2) is 7.26. The Morgan fingerprint density at radius 3 is 2.39 bits per heavy atom. The summed E-state index contributed by atoms with van der Waals surface area (Å²) < 4.78 is 5.38. The maximum Gasteiger partial charge on any atom is 0.142 e. The zero-order valence-corrected chi connectivity index (χ0v) is 14.9. The standard InChI is InChI=1S/C17H14Cl2N2O.ClH/c1-10-7-15(13-8-11(18)3-5-14(13)20-10)21-16-9-12(19)4-6-17(16)22-2;/h3-9H,1-2H3,(H,20,21);1H. The molecule has 0 aliphatic rings. The molecule has 0 aliphatic carbocycles. The Morgan fingerprint density at radius 1 is 0.957 bits per heavy atom. The van der Waals surface area contributed by atoms with Gasteiger partial charge in [-0.05, 0) is 49.4 Å². The Morgan fingerprint density at radius 2 is 1.65 bits per heavy atom. The SMILES string of the molecule is COc1ccc(Cl)cc1Nc1cc(C)nc2ccc(Cl)cc12.Cl. The zero-order valence-electron chi connectivity index (χ0n) is 12.6. The first kappa shape index (κ1) is 17.7. The van der Waals surface area contributed by atoms with E-state index in [-0.39, 0.29) is 12.4 Å². The minimum Gasteiger partial charge on any atom is -0.495 e. The lowest BCUT2D eigenvalue weighted by Gasteiger charge is -2.14. The number of hydrogen-bond donors (Lipinski definition) is 1. The van der Waals surface area contributed by atoms with Crippen LogP contribution in [0.15, 0.2) is 42.5 Å². The number of anilines is 2. The molecule has 3 aromatic rings. The van der Waals surface area contributed by atoms with Crippen molar-refractivity contribution in [3.8, 4) is 5.75 Å². The van der Waals surface area contributed by atoms with Crippen molar-refractivity contribution in [1.29, 1.82) is 0 Å². The van der Waals surface area contributed by atoms with E-state index in [0.717, 1.165) is 28.0 Å². The van der Waals surface area contributed by atoms with Gasteiger partial charge in [-0.3, -0.25) is 4.98 Å². The van der Waals surface area contributed by atoms with Gasteiger partial charge in [0.25, 0.3) is 0 Å². The molecular formula is C17H15Cl3N2O. The average Bonchev–Trinajstić information content (AvgIpc) is 2.48. The van der Waals surface area contributed by atoms with Crippen LogP contribution in [0.5, 0.6) is 5.75 Å². The number of methoxy groups -OCH3 is 1. The number of rotatable bonds is 3. The van der Waals surface area contributed by atoms with E-state index in [0.29, 0.717) is 15.8 Å². The first-order valence-electron chi connectivity index (χ1n) is 6.74. The minimum atomic E-state index is 0. The molecule has 0 unspecified atom stereocenters. The molecule has 0 fully saturated rings. The molecule has 6 heteroatoms. The maximum absolute atomic E-state index is 6.12. The fraction of sp³-hybridized carbons (Fsp3) is 0.118. The maximum atomic E-state index is 6.12. The van der Waals surface area contributed by atoms with Crippen LogP contribution in [0.2, 0.25) is 10.0 Å². The molecule has 0 saturated heterocycles. The van der Waals surface area contributed by atoms with Crippen molar-refractivity contribution in [3.63, 3.8) is 0 Å². The van der Waals surface area contributed by atoms with Crippen molar-refractivity contribution in [2.75, 3.05) is 12.4 Å². The summed E-state index contributed by atoms with van der Waals surface area (Å²) >= 11 is 12.2. The van der Waals surface area contributed by atoms with Crippen LogP contribution in [0.4, 0.5) is 11.4 Å². The first-order valence-corrected chi connectivity index (χ1v) is 7.50. The lowest BCUT2D eigenvalue weighted by molar-refractivity contribution is 0.417. The van der Waals surface area contributed by atoms with Crippen molar-refractivity contribution in [1.82, 2.24) is 4.98 Å². The Balaban J connectivity index is 0.00000192. The summed E-state index contributed by atoms with van der Waals surface area (Å²) in [6.45, 7) is 1.95. The molecule has 3 nitrogen and oxygen atoms in total. The second-order valence-electron chi connectivity index (χ2n) is 4.94. The van der Waals surface area contributed by atoms with Gasteiger partial charge in [0.1, 0.15) is 5.75 Å². The highest BCUT2D eigenvalue weighted by Gasteiger charge is 2.09. The Bertz CT molecular complexity index is 853. The molecule has 1 N–H and O–H groups in total. The van der Waals surface area contributed by atoms with Gasteiger partial charge >= 0.3 is 0 Å². The molecular weight excluding hydrogens is 355 g/mol. The number of aryl methyl sites for hydroxylation is 1. The van der Waals surface area contributed by atoms with E-state index in [1.165, 1.54) is 0 Å². The third-order valence-electron chi connectivity index (χ3n) is 3.33. The lowest BCUT2D eigenvalue weighted by Crippen LogP contribution is -1.97. The molecule has 0 bridgehead atoms. The van der Waals surface area contributed by atoms with E-state index in [1.807, 2.05) is 43.3 Å². The van der Waals surface area contributed by atoms with Crippen LogP contribution in [0.1, 0.15) is 5.69 Å². The number of nitrogens with zero attached hydrogens (tertiary/aromatic N) is 1. The summed E-state index contributed by atoms with van der Waals surface area (Å²) in [4.78, 5) is 4.52. The Hall–Kier alpha value is -1.68. The van der Waals surface area contributed by atoms with Gasteiger partial charge in [-0.15, -0.1) is 12.4 Å². The van der Waals surface area contributed by atoms with E-state index in [2.05, 4.69) is 10.3 Å². The molecule has 0 spiro atoms. The molecule has 2 aromatic carbocycles. The molecule has 0 radical (unpaired) electrons. The average molecular weight is 370 g/mol. The van der Waals surface area contributed by atoms with Gasteiger partial charge in [0.2, 0.25) is 0 Å². The van der Waals surface area contributed by atoms with Crippen molar-refractivity contribution in [2.24, 2.45) is 0 Å². The molecule has 3 rings (SSSR count). The molecule has 23 heavy (non-hydrogen) atoms. The van der Waals surface area contributed by atoms with E-state index in [1.54, 1.807) is 13.2 Å². The highest BCUT2D eigenvalue weighted by molar-refractivity contribution is 6.31. The summed E-state index contributed by atoms with van der Waals surface area (Å²) in [6.07, 6.45) is 0. The summed E-state index contributed by atoms with van der Waals surface area (Å²) in [6, 6.07) is 13.0. The van der Waals surface area contributed by atoms with Gasteiger partial charge in [-0.1, -0.05) is 23.2 Å². The predicted octanol–water partition coefficient (Wildman–Crippen LogP) is 6.02. The highest BCUT2D eigenvalue weighted by Crippen LogP contribution is 2.34. The normalized spacial score (nSPS) is 10.3. The fourth-order valence-corrected chi connectivity index (χ4v) is 2.70. The van der Waals surface area contributed by atoms with Crippen LogP contribution in [-0.4, -0.2) is 12.1 Å². The Labute approximate surface area is 151 Å². The summed E-state index contributed by atoms with van der Waals surface area (Å²) in [5.41, 5.74) is 3.50. The number of pyridine rings is 1. The molecule has 1 aromatic heterocycles. The topological polar surface area (TPSA) is 34.1 Å². The van der Waals surface area contributed by atoms with Crippen molar-refractivity contribution < 1.29 is 4.74 Å². The molecule has 0 saturated carbocycles. The lowest BCUT2D eigenvalue weighted by atomic mass is 10.1. The number of fused-ring (bicyclic) bond motifs is 1. The van der Waals surface area contributed by atoms with Crippen LogP contribution >= 0.6 is 35.6 Å². The van der Waals surface area contributed by atoms with E-state index >= 15 is 0 Å².